The molecule has 0 aliphatic carbocycles. The zero-order valence-electron chi connectivity index (χ0n) is 16.3. The highest BCUT2D eigenvalue weighted by Crippen LogP contribution is 2.11. The van der Waals surface area contributed by atoms with E-state index in [0.29, 0.717) is 0 Å². The van der Waals surface area contributed by atoms with Crippen LogP contribution in [0.25, 0.3) is 0 Å². The van der Waals surface area contributed by atoms with Gasteiger partial charge in [-0.05, 0) is 66.0 Å². The average molecular weight is 326 g/mol. The Labute approximate surface area is 149 Å². The summed E-state index contributed by atoms with van der Waals surface area (Å²) in [5.41, 5.74) is 5.80. The largest absolute Gasteiger partial charge is 0.298 e. The Balaban J connectivity index is 2.27. The molecule has 1 aromatic carbocycles. The molecule has 0 unspecified atom stereocenters. The first kappa shape index (κ1) is 20.4. The summed E-state index contributed by atoms with van der Waals surface area (Å²) < 4.78 is 0. The number of allylic oxidation sites excluding steroid dienone is 5. The van der Waals surface area contributed by atoms with Crippen LogP contribution in [0, 0.1) is 0 Å². The molecule has 0 atom stereocenters. The van der Waals surface area contributed by atoms with E-state index in [9.17, 15) is 0 Å². The van der Waals surface area contributed by atoms with Crippen molar-refractivity contribution < 1.29 is 0 Å². The topological polar surface area (TPSA) is 3.24 Å². The van der Waals surface area contributed by atoms with Crippen LogP contribution in [0.3, 0.4) is 0 Å². The van der Waals surface area contributed by atoms with Gasteiger partial charge in [-0.15, -0.1) is 0 Å². The quantitative estimate of drug-likeness (QED) is 0.442. The Morgan fingerprint density at radius 1 is 0.833 bits per heavy atom. The number of hydrogen-bond acceptors (Lipinski definition) is 1. The molecule has 1 nitrogen and oxygen atoms in total. The highest BCUT2D eigenvalue weighted by molar-refractivity contribution is 5.14. The van der Waals surface area contributed by atoms with Gasteiger partial charge in [0.05, 0.1) is 0 Å². The first-order valence-electron chi connectivity index (χ1n) is 9.14. The van der Waals surface area contributed by atoms with Crippen LogP contribution in [0.2, 0.25) is 0 Å². The summed E-state index contributed by atoms with van der Waals surface area (Å²) in [7, 11) is 2.18. The van der Waals surface area contributed by atoms with Crippen LogP contribution in [-0.2, 0) is 6.54 Å². The van der Waals surface area contributed by atoms with Gasteiger partial charge in [-0.2, -0.15) is 0 Å². The summed E-state index contributed by atoms with van der Waals surface area (Å²) in [5, 5.41) is 0. The van der Waals surface area contributed by atoms with Crippen LogP contribution in [0.1, 0.15) is 58.9 Å². The van der Waals surface area contributed by atoms with Gasteiger partial charge in [0.25, 0.3) is 0 Å². The summed E-state index contributed by atoms with van der Waals surface area (Å²) in [6.07, 6.45) is 11.8. The van der Waals surface area contributed by atoms with Crippen molar-refractivity contribution in [2.45, 2.75) is 59.9 Å². The second-order valence-electron chi connectivity index (χ2n) is 7.14. The van der Waals surface area contributed by atoms with Gasteiger partial charge in [-0.3, -0.25) is 4.90 Å². The maximum Gasteiger partial charge on any atom is 0.0233 e. The smallest absolute Gasteiger partial charge is 0.0233 e. The fourth-order valence-corrected chi connectivity index (χ4v) is 2.61. The fourth-order valence-electron chi connectivity index (χ4n) is 2.61. The zero-order valence-corrected chi connectivity index (χ0v) is 16.3. The summed E-state index contributed by atoms with van der Waals surface area (Å²) in [6, 6.07) is 10.7. The average Bonchev–Trinajstić information content (AvgIpc) is 2.53. The van der Waals surface area contributed by atoms with Gasteiger partial charge in [-0.25, -0.2) is 0 Å². The van der Waals surface area contributed by atoms with Crippen LogP contribution >= 0.6 is 0 Å². The molecule has 0 fully saturated rings. The van der Waals surface area contributed by atoms with Gasteiger partial charge in [-0.1, -0.05) is 65.3 Å². The first-order chi connectivity index (χ1) is 11.5. The molecular weight excluding hydrogens is 290 g/mol. The van der Waals surface area contributed by atoms with E-state index in [0.717, 1.165) is 19.5 Å². The van der Waals surface area contributed by atoms with E-state index < -0.39 is 0 Å². The molecule has 0 heterocycles. The van der Waals surface area contributed by atoms with Crippen molar-refractivity contribution in [3.63, 3.8) is 0 Å². The SMILES string of the molecule is CC(C)=CCC/C(C)=C/CC/C(C)=C/CN(C)Cc1ccccc1. The van der Waals surface area contributed by atoms with Crippen molar-refractivity contribution in [3.05, 3.63) is 70.8 Å². The molecule has 132 valence electrons. The molecule has 1 rings (SSSR count). The second-order valence-corrected chi connectivity index (χ2v) is 7.14. The lowest BCUT2D eigenvalue weighted by Crippen LogP contribution is -2.17. The van der Waals surface area contributed by atoms with E-state index in [4.69, 9.17) is 0 Å². The maximum atomic E-state index is 2.41. The highest BCUT2D eigenvalue weighted by atomic mass is 15.1. The Morgan fingerprint density at radius 2 is 1.42 bits per heavy atom. The van der Waals surface area contributed by atoms with Gasteiger partial charge in [0, 0.05) is 13.1 Å². The highest BCUT2D eigenvalue weighted by Gasteiger charge is 1.98. The lowest BCUT2D eigenvalue weighted by Gasteiger charge is -2.15. The lowest BCUT2D eigenvalue weighted by atomic mass is 10.1. The zero-order chi connectivity index (χ0) is 17.8. The number of hydrogen-bond donors (Lipinski definition) is 0. The van der Waals surface area contributed by atoms with Gasteiger partial charge < -0.3 is 0 Å². The standard InChI is InChI=1S/C23H35N/c1-20(2)11-9-12-21(3)13-10-14-22(4)17-18-24(5)19-23-15-7-6-8-16-23/h6-8,11,13,15-17H,9-10,12,14,18-19H2,1-5H3/b21-13+,22-17+. The van der Waals surface area contributed by atoms with E-state index in [2.05, 4.69) is 88.2 Å². The summed E-state index contributed by atoms with van der Waals surface area (Å²) in [6.45, 7) is 10.9. The number of nitrogens with zero attached hydrogens (tertiary/aromatic N) is 1. The third-order valence-corrected chi connectivity index (χ3v) is 4.17. The van der Waals surface area contributed by atoms with Crippen LogP contribution in [0.4, 0.5) is 0 Å². The summed E-state index contributed by atoms with van der Waals surface area (Å²) in [5.74, 6) is 0. The van der Waals surface area contributed by atoms with E-state index >= 15 is 0 Å². The van der Waals surface area contributed by atoms with Crippen molar-refractivity contribution in [2.75, 3.05) is 13.6 Å². The Hall–Kier alpha value is -1.60. The molecule has 0 saturated heterocycles. The molecule has 0 amide bonds. The van der Waals surface area contributed by atoms with Crippen LogP contribution in [0.15, 0.2) is 65.3 Å². The molecule has 0 spiro atoms. The predicted octanol–water partition coefficient (Wildman–Crippen LogP) is 6.54. The van der Waals surface area contributed by atoms with Crippen molar-refractivity contribution in [1.29, 1.82) is 0 Å². The molecule has 0 saturated carbocycles. The normalized spacial score (nSPS) is 12.6. The molecule has 1 heteroatoms. The van der Waals surface area contributed by atoms with Gasteiger partial charge in [0.2, 0.25) is 0 Å². The van der Waals surface area contributed by atoms with Crippen molar-refractivity contribution in [2.24, 2.45) is 0 Å². The van der Waals surface area contributed by atoms with Gasteiger partial charge in [0.1, 0.15) is 0 Å². The van der Waals surface area contributed by atoms with Gasteiger partial charge >= 0.3 is 0 Å². The first-order valence-corrected chi connectivity index (χ1v) is 9.14. The fraction of sp³-hybridized carbons (Fsp3) is 0.478. The third-order valence-electron chi connectivity index (χ3n) is 4.17. The minimum absolute atomic E-state index is 1.01. The van der Waals surface area contributed by atoms with Crippen molar-refractivity contribution in [1.82, 2.24) is 4.90 Å². The van der Waals surface area contributed by atoms with Crippen molar-refractivity contribution in [3.8, 4) is 0 Å². The minimum atomic E-state index is 1.01. The Kier molecular flexibility index (Phi) is 10.1. The van der Waals surface area contributed by atoms with Crippen LogP contribution < -0.4 is 0 Å². The number of likely N-dealkylation sites (N-methyl/N-ethyl adjacent to an activating group) is 1. The molecule has 0 aliphatic heterocycles. The molecular formula is C23H35N. The molecule has 24 heavy (non-hydrogen) atoms. The van der Waals surface area contributed by atoms with E-state index in [-0.39, 0.29) is 0 Å². The Morgan fingerprint density at radius 3 is 2.04 bits per heavy atom. The van der Waals surface area contributed by atoms with E-state index in [1.165, 1.54) is 41.5 Å². The summed E-state index contributed by atoms with van der Waals surface area (Å²) >= 11 is 0. The molecule has 0 radical (unpaired) electrons. The molecule has 1 aromatic rings. The van der Waals surface area contributed by atoms with E-state index in [1.54, 1.807) is 0 Å². The predicted molar refractivity (Wildman–Crippen MR) is 108 cm³/mol. The number of rotatable bonds is 10. The van der Waals surface area contributed by atoms with Crippen LogP contribution in [0.5, 0.6) is 0 Å². The third kappa shape index (κ3) is 10.2. The maximum absolute atomic E-state index is 2.41. The van der Waals surface area contributed by atoms with E-state index in [1.807, 2.05) is 0 Å². The molecule has 0 bridgehead atoms. The molecule has 0 aliphatic rings. The second kappa shape index (κ2) is 11.9. The molecule has 0 aromatic heterocycles. The van der Waals surface area contributed by atoms with Crippen LogP contribution in [-0.4, -0.2) is 18.5 Å². The minimum Gasteiger partial charge on any atom is -0.298 e. The summed E-state index contributed by atoms with van der Waals surface area (Å²) in [4.78, 5) is 2.36. The van der Waals surface area contributed by atoms with Crippen molar-refractivity contribution >= 4 is 0 Å². The monoisotopic (exact) mass is 325 g/mol. The lowest BCUT2D eigenvalue weighted by molar-refractivity contribution is 0.362. The number of benzene rings is 1. The molecule has 0 N–H and O–H groups in total. The van der Waals surface area contributed by atoms with Gasteiger partial charge in [0.15, 0.2) is 0 Å². The Bertz CT molecular complexity index is 545.